The summed E-state index contributed by atoms with van der Waals surface area (Å²) in [7, 11) is 0. The molecule has 8 rings (SSSR count). The molecule has 0 bridgehead atoms. The van der Waals surface area contributed by atoms with Crippen LogP contribution in [0.1, 0.15) is 64.3 Å². The molecule has 1 N–H and O–H groups in total. The molecular formula is C46H46ClF2N9O2S2. The number of aromatic nitrogens is 8. The lowest BCUT2D eigenvalue weighted by Gasteiger charge is -2.13. The number of rotatable bonds is 13. The van der Waals surface area contributed by atoms with E-state index < -0.39 is 0 Å². The van der Waals surface area contributed by atoms with Crippen LogP contribution in [0.2, 0.25) is 0 Å². The Labute approximate surface area is 372 Å². The summed E-state index contributed by atoms with van der Waals surface area (Å²) in [6, 6.07) is 23.7. The highest BCUT2D eigenvalue weighted by Gasteiger charge is 2.19. The molecule has 11 nitrogen and oxygen atoms in total. The summed E-state index contributed by atoms with van der Waals surface area (Å²) in [6.45, 7) is 10.1. The minimum atomic E-state index is -0.383. The normalized spacial score (nSPS) is 10.5. The quantitative estimate of drug-likeness (QED) is 0.112. The first-order chi connectivity index (χ1) is 30.2. The number of nitrogens with zero attached hydrogens (tertiary/aromatic N) is 8. The molecule has 0 amide bonds. The Balaban J connectivity index is 0.000000180. The molecule has 0 unspecified atom stereocenters. The average molecular weight is 895 g/mol. The lowest BCUT2D eigenvalue weighted by atomic mass is 10.1. The van der Waals surface area contributed by atoms with E-state index in [9.17, 15) is 18.4 Å². The van der Waals surface area contributed by atoms with Gasteiger partial charge in [0.15, 0.2) is 11.6 Å². The molecule has 16 heteroatoms. The number of thiophene rings is 2. The summed E-state index contributed by atoms with van der Waals surface area (Å²) in [5.41, 5.74) is 4.83. The maximum atomic E-state index is 13.1. The molecule has 320 valence electrons. The second-order valence-corrected chi connectivity index (χ2v) is 15.2. The summed E-state index contributed by atoms with van der Waals surface area (Å²) in [6.07, 6.45) is 9.45. The van der Waals surface area contributed by atoms with Gasteiger partial charge in [-0.05, 0) is 127 Å². The van der Waals surface area contributed by atoms with Crippen molar-refractivity contribution in [1.29, 1.82) is 0 Å². The van der Waals surface area contributed by atoms with Crippen molar-refractivity contribution < 1.29 is 18.4 Å². The highest BCUT2D eigenvalue weighted by Crippen LogP contribution is 2.18. The van der Waals surface area contributed by atoms with E-state index in [2.05, 4.69) is 60.9 Å². The highest BCUT2D eigenvalue weighted by molar-refractivity contribution is 7.08. The third-order valence-corrected chi connectivity index (χ3v) is 10.8. The van der Waals surface area contributed by atoms with Gasteiger partial charge in [-0.1, -0.05) is 45.0 Å². The summed E-state index contributed by atoms with van der Waals surface area (Å²) in [5, 5.41) is 18.3. The Bertz CT molecular complexity index is 2490. The van der Waals surface area contributed by atoms with E-state index in [-0.39, 0.29) is 22.8 Å². The maximum absolute atomic E-state index is 13.1. The van der Waals surface area contributed by atoms with Crippen molar-refractivity contribution >= 4 is 45.4 Å². The predicted octanol–water partition coefficient (Wildman–Crippen LogP) is 10.3. The van der Waals surface area contributed by atoms with E-state index in [1.165, 1.54) is 71.3 Å². The van der Waals surface area contributed by atoms with Crippen LogP contribution in [0.3, 0.4) is 0 Å². The van der Waals surface area contributed by atoms with Gasteiger partial charge < -0.3 is 4.90 Å². The van der Waals surface area contributed by atoms with Crippen molar-refractivity contribution in [3.8, 4) is 22.8 Å². The van der Waals surface area contributed by atoms with E-state index in [4.69, 9.17) is 11.6 Å². The van der Waals surface area contributed by atoms with Crippen molar-refractivity contribution in [3.05, 3.63) is 177 Å². The minimum Gasteiger partial charge on any atom is -0.304 e. The third-order valence-electron chi connectivity index (χ3n) is 9.21. The first-order valence-corrected chi connectivity index (χ1v) is 22.1. The fourth-order valence-corrected chi connectivity index (χ4v) is 7.14. The third kappa shape index (κ3) is 14.8. The molecule has 0 atom stereocenters. The Morgan fingerprint density at radius 3 is 1.66 bits per heavy atom. The van der Waals surface area contributed by atoms with Crippen LogP contribution < -0.4 is 0 Å². The summed E-state index contributed by atoms with van der Waals surface area (Å²) in [5.74, 6) is 1.78. The zero-order valence-electron chi connectivity index (χ0n) is 34.5. The van der Waals surface area contributed by atoms with Crippen LogP contribution in [0, 0.1) is 11.6 Å². The van der Waals surface area contributed by atoms with Crippen LogP contribution in [0.4, 0.5) is 8.78 Å². The number of aryl methyl sites for hydroxylation is 4. The number of carbonyl (C=O) groups is 2. The number of pyridine rings is 2. The molecule has 0 radical (unpaired) electrons. The summed E-state index contributed by atoms with van der Waals surface area (Å²) in [4.78, 5) is 42.6. The van der Waals surface area contributed by atoms with Crippen molar-refractivity contribution in [2.24, 2.45) is 0 Å². The molecule has 0 aliphatic carbocycles. The Hall–Kier alpha value is -6.13. The van der Waals surface area contributed by atoms with Gasteiger partial charge in [-0.3, -0.25) is 24.7 Å². The standard InChI is InChI=1S/C20H15FN4OS.C15H13FN4.C6H15N.C5H3ClOS/c21-17-6-3-14(4-7-17)5-8-18-23-19(15-2-1-10-22-12-15)24-25(18)20(26)16-9-11-27-13-16;16-13-6-3-11(4-7-13)5-8-14-18-15(20-19-14)12-2-1-9-17-10-12;1-4-7(5-2)6-3;6-5(7)4-1-2-8-3-4/h1-4,6-7,9-13H,5,8H2;1-4,6-7,9-10H,5,8H2,(H,18,19,20);4-6H2,1-3H3;1-3H. The maximum Gasteiger partial charge on any atom is 0.280 e. The fraction of sp³-hybridized carbons (Fsp3) is 0.217. The molecule has 0 aliphatic rings. The first-order valence-electron chi connectivity index (χ1n) is 19.8. The largest absolute Gasteiger partial charge is 0.304 e. The number of benzene rings is 2. The van der Waals surface area contributed by atoms with Crippen LogP contribution >= 0.6 is 34.3 Å². The second-order valence-electron chi connectivity index (χ2n) is 13.3. The molecule has 0 fully saturated rings. The van der Waals surface area contributed by atoms with Gasteiger partial charge in [-0.2, -0.15) is 32.5 Å². The van der Waals surface area contributed by atoms with E-state index in [0.29, 0.717) is 41.4 Å². The van der Waals surface area contributed by atoms with Crippen molar-refractivity contribution in [1.82, 2.24) is 44.8 Å². The van der Waals surface area contributed by atoms with Gasteiger partial charge in [0, 0.05) is 65.1 Å². The topological polar surface area (TPSA) is 135 Å². The predicted molar refractivity (Wildman–Crippen MR) is 242 cm³/mol. The van der Waals surface area contributed by atoms with Gasteiger partial charge in [0.25, 0.3) is 11.1 Å². The number of aromatic amines is 1. The van der Waals surface area contributed by atoms with Gasteiger partial charge in [0.05, 0.1) is 5.56 Å². The molecule has 6 heterocycles. The molecule has 0 saturated heterocycles. The smallest absolute Gasteiger partial charge is 0.280 e. The zero-order valence-corrected chi connectivity index (χ0v) is 36.9. The zero-order chi connectivity index (χ0) is 44.1. The van der Waals surface area contributed by atoms with Gasteiger partial charge in [-0.15, -0.1) is 5.10 Å². The van der Waals surface area contributed by atoms with Crippen LogP contribution in [-0.2, 0) is 25.7 Å². The van der Waals surface area contributed by atoms with Crippen molar-refractivity contribution in [2.45, 2.75) is 46.5 Å². The minimum absolute atomic E-state index is 0.215. The number of hydrogen-bond acceptors (Lipinski definition) is 11. The Kier molecular flexibility index (Phi) is 18.9. The molecule has 0 spiro atoms. The number of carbonyl (C=O) groups excluding carboxylic acids is 2. The number of H-pyrrole nitrogens is 1. The van der Waals surface area contributed by atoms with Gasteiger partial charge in [-0.25, -0.2) is 18.7 Å². The number of nitrogens with one attached hydrogen (secondary N) is 1. The molecular weight excluding hydrogens is 848 g/mol. The molecule has 0 saturated carbocycles. The number of halogens is 3. The van der Waals surface area contributed by atoms with Gasteiger partial charge in [0.2, 0.25) is 0 Å². The highest BCUT2D eigenvalue weighted by atomic mass is 35.5. The van der Waals surface area contributed by atoms with Crippen LogP contribution in [0.15, 0.2) is 131 Å². The fourth-order valence-electron chi connectivity index (χ4n) is 5.69. The van der Waals surface area contributed by atoms with E-state index in [1.807, 2.05) is 29.0 Å². The lowest BCUT2D eigenvalue weighted by molar-refractivity contribution is 0.0941. The van der Waals surface area contributed by atoms with Crippen molar-refractivity contribution in [3.63, 3.8) is 0 Å². The molecule has 62 heavy (non-hydrogen) atoms. The monoisotopic (exact) mass is 893 g/mol. The first kappa shape index (κ1) is 46.9. The second kappa shape index (κ2) is 25.0. The molecule has 0 aliphatic heterocycles. The van der Waals surface area contributed by atoms with Gasteiger partial charge >= 0.3 is 0 Å². The van der Waals surface area contributed by atoms with Crippen LogP contribution in [-0.4, -0.2) is 75.6 Å². The summed E-state index contributed by atoms with van der Waals surface area (Å²) < 4.78 is 27.3. The molecule has 2 aromatic carbocycles. The van der Waals surface area contributed by atoms with E-state index in [0.717, 1.165) is 40.9 Å². The molecule has 8 aromatic rings. The Morgan fingerprint density at radius 1 is 0.677 bits per heavy atom. The lowest BCUT2D eigenvalue weighted by Crippen LogP contribution is -2.21. The number of hydrogen-bond donors (Lipinski definition) is 1. The van der Waals surface area contributed by atoms with Gasteiger partial charge in [0.1, 0.15) is 23.3 Å². The van der Waals surface area contributed by atoms with Crippen molar-refractivity contribution in [2.75, 3.05) is 19.6 Å². The Morgan fingerprint density at radius 2 is 1.21 bits per heavy atom. The van der Waals surface area contributed by atoms with E-state index in [1.54, 1.807) is 78.0 Å². The SMILES string of the molecule is CCN(CC)CC.Fc1ccc(CCc2nc(-c3cccnc3)n[nH]2)cc1.O=C(Cl)c1ccsc1.O=C(c1ccsc1)n1nc(-c2cccnc2)nc1CCc1ccc(F)cc1. The van der Waals surface area contributed by atoms with Crippen LogP contribution in [0.25, 0.3) is 22.8 Å². The van der Waals surface area contributed by atoms with E-state index >= 15 is 0 Å². The van der Waals surface area contributed by atoms with Crippen LogP contribution in [0.5, 0.6) is 0 Å². The average Bonchev–Trinajstić information content (AvgIpc) is 4.17. The molecule has 6 aromatic heterocycles. The summed E-state index contributed by atoms with van der Waals surface area (Å²) >= 11 is 8.03.